The summed E-state index contributed by atoms with van der Waals surface area (Å²) in [5, 5.41) is 29.5. The normalized spacial score (nSPS) is 12.2. The highest BCUT2D eigenvalue weighted by Crippen LogP contribution is 2.24. The SMILES string of the molecule is Cc1cc(/C=C/C(=O)/C=C(O)/C=C/c2cc(C)c(O)c(C)c2)cc(C)c1O. The molecule has 0 aromatic heterocycles. The molecule has 3 N–H and O–H groups in total. The van der Waals surface area contributed by atoms with Gasteiger partial charge in [0.25, 0.3) is 0 Å². The summed E-state index contributed by atoms with van der Waals surface area (Å²) >= 11 is 0. The summed E-state index contributed by atoms with van der Waals surface area (Å²) in [4.78, 5) is 12.0. The average Bonchev–Trinajstić information content (AvgIpc) is 2.60. The van der Waals surface area contributed by atoms with Crippen LogP contribution in [0.25, 0.3) is 12.2 Å². The predicted octanol–water partition coefficient (Wildman–Crippen LogP) is 5.07. The van der Waals surface area contributed by atoms with E-state index in [1.54, 1.807) is 64.1 Å². The maximum Gasteiger partial charge on any atom is 0.182 e. The molecule has 0 unspecified atom stereocenters. The van der Waals surface area contributed by atoms with E-state index in [9.17, 15) is 20.1 Å². The molecular formula is C23H24O4. The van der Waals surface area contributed by atoms with Gasteiger partial charge >= 0.3 is 0 Å². The number of aliphatic hydroxyl groups is 1. The van der Waals surface area contributed by atoms with Crippen molar-refractivity contribution in [2.75, 3.05) is 0 Å². The van der Waals surface area contributed by atoms with Gasteiger partial charge in [0.05, 0.1) is 0 Å². The minimum Gasteiger partial charge on any atom is -0.508 e. The number of aliphatic hydroxyl groups excluding tert-OH is 1. The molecule has 0 spiro atoms. The van der Waals surface area contributed by atoms with E-state index in [0.29, 0.717) is 0 Å². The Balaban J connectivity index is 2.10. The van der Waals surface area contributed by atoms with Gasteiger partial charge in [-0.05, 0) is 97.5 Å². The predicted molar refractivity (Wildman–Crippen MR) is 109 cm³/mol. The monoisotopic (exact) mass is 364 g/mol. The quantitative estimate of drug-likeness (QED) is 0.393. The van der Waals surface area contributed by atoms with Crippen molar-refractivity contribution < 1.29 is 20.1 Å². The number of allylic oxidation sites excluding steroid dienone is 3. The molecule has 4 heteroatoms. The van der Waals surface area contributed by atoms with Crippen LogP contribution in [0, 0.1) is 27.7 Å². The van der Waals surface area contributed by atoms with Crippen LogP contribution in [-0.4, -0.2) is 21.1 Å². The van der Waals surface area contributed by atoms with Gasteiger partial charge in [0.15, 0.2) is 5.78 Å². The van der Waals surface area contributed by atoms with E-state index >= 15 is 0 Å². The molecule has 0 heterocycles. The van der Waals surface area contributed by atoms with E-state index < -0.39 is 0 Å². The number of carbonyl (C=O) groups is 1. The fourth-order valence-corrected chi connectivity index (χ4v) is 2.77. The lowest BCUT2D eigenvalue weighted by Crippen LogP contribution is -1.89. The van der Waals surface area contributed by atoms with Crippen molar-refractivity contribution in [3.63, 3.8) is 0 Å². The van der Waals surface area contributed by atoms with Gasteiger partial charge in [-0.1, -0.05) is 12.2 Å². The van der Waals surface area contributed by atoms with Crippen LogP contribution >= 0.6 is 0 Å². The van der Waals surface area contributed by atoms with Crippen molar-refractivity contribution in [1.82, 2.24) is 0 Å². The molecule has 0 bridgehead atoms. The zero-order chi connectivity index (χ0) is 20.1. The number of hydrogen-bond donors (Lipinski definition) is 3. The first-order chi connectivity index (χ1) is 12.7. The van der Waals surface area contributed by atoms with Gasteiger partial charge in [-0.15, -0.1) is 0 Å². The number of carbonyl (C=O) groups excluding carboxylic acids is 1. The van der Waals surface area contributed by atoms with Gasteiger partial charge in [0, 0.05) is 6.08 Å². The van der Waals surface area contributed by atoms with Crippen molar-refractivity contribution in [1.29, 1.82) is 0 Å². The van der Waals surface area contributed by atoms with Gasteiger partial charge in [0.2, 0.25) is 0 Å². The van der Waals surface area contributed by atoms with Gasteiger partial charge in [-0.2, -0.15) is 0 Å². The number of phenolic OH excluding ortho intramolecular Hbond substituents is 2. The Morgan fingerprint density at radius 3 is 1.52 bits per heavy atom. The number of ketones is 1. The second-order valence-electron chi connectivity index (χ2n) is 6.64. The Kier molecular flexibility index (Phi) is 6.24. The Labute approximate surface area is 159 Å². The topological polar surface area (TPSA) is 77.8 Å². The third kappa shape index (κ3) is 5.35. The summed E-state index contributed by atoms with van der Waals surface area (Å²) in [6.45, 7) is 7.20. The molecule has 0 atom stereocenters. The van der Waals surface area contributed by atoms with Crippen LogP contribution in [0.5, 0.6) is 11.5 Å². The van der Waals surface area contributed by atoms with E-state index in [4.69, 9.17) is 0 Å². The molecule has 0 fully saturated rings. The summed E-state index contributed by atoms with van der Waals surface area (Å²) in [5.74, 6) is -0.00233. The number of phenols is 2. The molecule has 0 saturated carbocycles. The molecular weight excluding hydrogens is 340 g/mol. The first-order valence-corrected chi connectivity index (χ1v) is 8.58. The average molecular weight is 364 g/mol. The van der Waals surface area contributed by atoms with Crippen LogP contribution in [0.2, 0.25) is 0 Å². The molecule has 140 valence electrons. The lowest BCUT2D eigenvalue weighted by atomic mass is 10.0. The van der Waals surface area contributed by atoms with Crippen LogP contribution < -0.4 is 0 Å². The second kappa shape index (κ2) is 8.41. The summed E-state index contributed by atoms with van der Waals surface area (Å²) in [6, 6.07) is 7.16. The molecule has 27 heavy (non-hydrogen) atoms. The van der Waals surface area contributed by atoms with Crippen molar-refractivity contribution in [3.05, 3.63) is 81.6 Å². The zero-order valence-electron chi connectivity index (χ0n) is 15.9. The Morgan fingerprint density at radius 2 is 1.11 bits per heavy atom. The molecule has 0 aliphatic rings. The van der Waals surface area contributed by atoms with E-state index in [0.717, 1.165) is 39.5 Å². The molecule has 0 amide bonds. The molecule has 2 aromatic carbocycles. The van der Waals surface area contributed by atoms with Crippen molar-refractivity contribution in [2.24, 2.45) is 0 Å². The highest BCUT2D eigenvalue weighted by Gasteiger charge is 2.03. The highest BCUT2D eigenvalue weighted by atomic mass is 16.3. The molecule has 2 rings (SSSR count). The van der Waals surface area contributed by atoms with Crippen LogP contribution in [0.15, 0.2) is 48.3 Å². The minimum atomic E-state index is -0.349. The Bertz CT molecular complexity index is 916. The summed E-state index contributed by atoms with van der Waals surface area (Å²) in [7, 11) is 0. The highest BCUT2D eigenvalue weighted by molar-refractivity contribution is 6.02. The smallest absolute Gasteiger partial charge is 0.182 e. The Morgan fingerprint density at radius 1 is 0.741 bits per heavy atom. The van der Waals surface area contributed by atoms with E-state index in [1.165, 1.54) is 12.2 Å². The fraction of sp³-hybridized carbons (Fsp3) is 0.174. The van der Waals surface area contributed by atoms with Crippen molar-refractivity contribution >= 4 is 17.9 Å². The third-order valence-electron chi connectivity index (χ3n) is 4.20. The maximum atomic E-state index is 12.0. The molecule has 2 aromatic rings. The van der Waals surface area contributed by atoms with E-state index in [1.807, 2.05) is 0 Å². The maximum absolute atomic E-state index is 12.0. The molecule has 0 saturated heterocycles. The number of aromatic hydroxyl groups is 2. The largest absolute Gasteiger partial charge is 0.508 e. The standard InChI is InChI=1S/C23H24O4/c1-14-9-18(10-15(2)22(14)26)5-7-20(24)13-21(25)8-6-19-11-16(3)23(27)17(4)12-19/h5-13,24,26-27H,1-4H3/b7-5+,8-6+,20-13-. The number of hydrogen-bond acceptors (Lipinski definition) is 4. The van der Waals surface area contributed by atoms with E-state index in [2.05, 4.69) is 0 Å². The van der Waals surface area contributed by atoms with Crippen molar-refractivity contribution in [3.8, 4) is 11.5 Å². The summed E-state index contributed by atoms with van der Waals surface area (Å²) < 4.78 is 0. The zero-order valence-corrected chi connectivity index (χ0v) is 15.9. The first-order valence-electron chi connectivity index (χ1n) is 8.58. The van der Waals surface area contributed by atoms with Crippen LogP contribution in [0.3, 0.4) is 0 Å². The number of rotatable bonds is 5. The molecule has 0 aliphatic carbocycles. The van der Waals surface area contributed by atoms with Crippen LogP contribution in [-0.2, 0) is 4.79 Å². The van der Waals surface area contributed by atoms with E-state index in [-0.39, 0.29) is 23.0 Å². The Hall–Kier alpha value is -3.27. The lowest BCUT2D eigenvalue weighted by Gasteiger charge is -2.04. The molecule has 0 aliphatic heterocycles. The number of aryl methyl sites for hydroxylation is 4. The fourth-order valence-electron chi connectivity index (χ4n) is 2.77. The van der Waals surface area contributed by atoms with Gasteiger partial charge < -0.3 is 15.3 Å². The van der Waals surface area contributed by atoms with Gasteiger partial charge in [-0.3, -0.25) is 4.79 Å². The number of benzene rings is 2. The van der Waals surface area contributed by atoms with Crippen LogP contribution in [0.1, 0.15) is 33.4 Å². The third-order valence-corrected chi connectivity index (χ3v) is 4.20. The van der Waals surface area contributed by atoms with Gasteiger partial charge in [-0.25, -0.2) is 0 Å². The van der Waals surface area contributed by atoms with Crippen molar-refractivity contribution in [2.45, 2.75) is 27.7 Å². The van der Waals surface area contributed by atoms with Crippen LogP contribution in [0.4, 0.5) is 0 Å². The lowest BCUT2D eigenvalue weighted by molar-refractivity contribution is -0.110. The summed E-state index contributed by atoms with van der Waals surface area (Å²) in [6.07, 6.45) is 7.25. The first kappa shape index (κ1) is 20.0. The van der Waals surface area contributed by atoms with Gasteiger partial charge in [0.1, 0.15) is 17.3 Å². The second-order valence-corrected chi connectivity index (χ2v) is 6.64. The summed E-state index contributed by atoms with van der Waals surface area (Å²) in [5.41, 5.74) is 4.59. The molecule has 4 nitrogen and oxygen atoms in total. The molecule has 0 radical (unpaired) electrons. The minimum absolute atomic E-state index is 0.161.